The smallest absolute Gasteiger partial charge is 0.148 e. The molecule has 0 saturated carbocycles. The third-order valence-corrected chi connectivity index (χ3v) is 10.9. The number of phenolic OH excluding ortho intramolecular Hbond substituents is 1. The second-order valence-corrected chi connectivity index (χ2v) is 18.4. The number of phenols is 1. The first-order valence-corrected chi connectivity index (χ1v) is 20.1. The SMILES string of the molecule is [2H]c1c([2H])c(C([2H])([2H])[2H])c([2H])c([2H])c1-c1ccnc(-c2[c-]c(-c3cccc4c3nc(-c3cc(C(C)(C)C)ccc3O)n4-c3ccc(-c4ccccc4)c(C(C)(C)C)c3)cc(C(C)(C)C)c2)c1.[Pt]. The molecule has 4 nitrogen and oxygen atoms in total. The summed E-state index contributed by atoms with van der Waals surface area (Å²) < 4.78 is 60.5. The van der Waals surface area contributed by atoms with E-state index in [4.69, 9.17) is 19.6 Å². The van der Waals surface area contributed by atoms with Gasteiger partial charge >= 0.3 is 0 Å². The zero-order chi connectivity index (χ0) is 47.8. The molecule has 2 heterocycles. The molecule has 8 rings (SSSR count). The average molecular weight is 975 g/mol. The number of rotatable bonds is 6. The molecule has 0 spiro atoms. The number of aromatic hydroxyl groups is 1. The van der Waals surface area contributed by atoms with Crippen LogP contribution in [0.5, 0.6) is 5.75 Å². The number of pyridine rings is 1. The summed E-state index contributed by atoms with van der Waals surface area (Å²) in [4.78, 5) is 10.2. The molecule has 306 valence electrons. The molecule has 0 atom stereocenters. The normalized spacial score (nSPS) is 14.0. The van der Waals surface area contributed by atoms with E-state index in [0.717, 1.165) is 50.1 Å². The summed E-state index contributed by atoms with van der Waals surface area (Å²) in [5.74, 6) is 0.696. The van der Waals surface area contributed by atoms with Crippen LogP contribution in [-0.2, 0) is 37.3 Å². The van der Waals surface area contributed by atoms with Gasteiger partial charge in [0.1, 0.15) is 11.6 Å². The molecule has 0 bridgehead atoms. The average Bonchev–Trinajstić information content (AvgIpc) is 3.64. The topological polar surface area (TPSA) is 50.9 Å². The van der Waals surface area contributed by atoms with Crippen molar-refractivity contribution in [3.05, 3.63) is 168 Å². The molecule has 0 aliphatic heterocycles. The monoisotopic (exact) mass is 974 g/mol. The van der Waals surface area contributed by atoms with Gasteiger partial charge in [-0.05, 0) is 92.9 Å². The maximum absolute atomic E-state index is 11.7. The van der Waals surface area contributed by atoms with Crippen molar-refractivity contribution in [1.82, 2.24) is 14.5 Å². The van der Waals surface area contributed by atoms with Gasteiger partial charge in [-0.2, -0.15) is 0 Å². The molecule has 0 aliphatic carbocycles. The van der Waals surface area contributed by atoms with E-state index in [-0.39, 0.29) is 48.6 Å². The molecule has 0 fully saturated rings. The predicted molar refractivity (Wildman–Crippen MR) is 247 cm³/mol. The van der Waals surface area contributed by atoms with E-state index in [1.807, 2.05) is 36.4 Å². The second-order valence-electron chi connectivity index (χ2n) is 18.4. The van der Waals surface area contributed by atoms with Crippen molar-refractivity contribution in [3.8, 4) is 67.5 Å². The summed E-state index contributed by atoms with van der Waals surface area (Å²) in [6, 6.07) is 37.8. The Bertz CT molecular complexity index is 3160. The molecular weight excluding hydrogens is 914 g/mol. The molecule has 2 aromatic heterocycles. The van der Waals surface area contributed by atoms with E-state index in [0.29, 0.717) is 33.7 Å². The van der Waals surface area contributed by atoms with Crippen molar-refractivity contribution >= 4 is 11.0 Å². The summed E-state index contributed by atoms with van der Waals surface area (Å²) in [7, 11) is 0. The molecule has 0 radical (unpaired) electrons. The minimum atomic E-state index is -2.82. The van der Waals surface area contributed by atoms with E-state index in [1.165, 1.54) is 0 Å². The van der Waals surface area contributed by atoms with E-state index in [1.54, 1.807) is 24.4 Å². The van der Waals surface area contributed by atoms with Gasteiger partial charge in [0.05, 0.1) is 22.1 Å². The number of nitrogens with zero attached hydrogens (tertiary/aromatic N) is 3. The van der Waals surface area contributed by atoms with Gasteiger partial charge in [-0.3, -0.25) is 9.55 Å². The fraction of sp³-hybridized carbons (Fsp3) is 0.236. The van der Waals surface area contributed by atoms with Crippen molar-refractivity contribution in [2.75, 3.05) is 0 Å². The molecule has 5 heteroatoms. The van der Waals surface area contributed by atoms with Crippen LogP contribution in [0.25, 0.3) is 72.7 Å². The van der Waals surface area contributed by atoms with Gasteiger partial charge in [0.15, 0.2) is 0 Å². The van der Waals surface area contributed by atoms with Crippen molar-refractivity contribution in [2.45, 2.75) is 85.4 Å². The predicted octanol–water partition coefficient (Wildman–Crippen LogP) is 14.5. The van der Waals surface area contributed by atoms with Crippen molar-refractivity contribution in [2.24, 2.45) is 0 Å². The van der Waals surface area contributed by atoms with Crippen molar-refractivity contribution in [3.63, 3.8) is 0 Å². The number of para-hydroxylation sites is 1. The van der Waals surface area contributed by atoms with Crippen molar-refractivity contribution in [1.29, 1.82) is 0 Å². The van der Waals surface area contributed by atoms with Gasteiger partial charge in [-0.1, -0.05) is 164 Å². The van der Waals surface area contributed by atoms with Crippen LogP contribution >= 0.6 is 0 Å². The molecule has 60 heavy (non-hydrogen) atoms. The summed E-state index contributed by atoms with van der Waals surface area (Å²) in [6.07, 6.45) is 1.55. The Labute approximate surface area is 380 Å². The van der Waals surface area contributed by atoms with Gasteiger partial charge in [-0.25, -0.2) is 4.98 Å². The number of imidazole rings is 1. The third kappa shape index (κ3) is 8.41. The number of hydrogen-bond acceptors (Lipinski definition) is 3. The molecular formula is C55H54N3OPt-. The Balaban J connectivity index is 0.00000666. The molecule has 0 aliphatic rings. The molecule has 6 aromatic carbocycles. The quantitative estimate of drug-likeness (QED) is 0.169. The van der Waals surface area contributed by atoms with Crippen LogP contribution < -0.4 is 0 Å². The minimum Gasteiger partial charge on any atom is -0.507 e. The third-order valence-electron chi connectivity index (χ3n) is 10.9. The summed E-state index contributed by atoms with van der Waals surface area (Å²) in [5, 5.41) is 11.7. The van der Waals surface area contributed by atoms with Gasteiger partial charge in [-0.15, -0.1) is 29.3 Å². The first kappa shape index (κ1) is 34.2. The maximum atomic E-state index is 11.7. The fourth-order valence-corrected chi connectivity index (χ4v) is 7.58. The molecule has 1 N–H and O–H groups in total. The number of fused-ring (bicyclic) bond motifs is 1. The van der Waals surface area contributed by atoms with Crippen LogP contribution in [0.3, 0.4) is 0 Å². The van der Waals surface area contributed by atoms with Gasteiger partial charge in [0.25, 0.3) is 0 Å². The Hall–Kier alpha value is -5.57. The van der Waals surface area contributed by atoms with Gasteiger partial charge in [0.2, 0.25) is 0 Å². The van der Waals surface area contributed by atoms with Crippen LogP contribution in [0.15, 0.2) is 140 Å². The number of hydrogen-bond donors (Lipinski definition) is 1. The standard InChI is InChI=1S/C55H54N3O.Pt/c1-35-19-21-36(22-20-35)38-27-28-56-48(32-38)40-29-39(30-42(31-40)54(5,6)7)45-17-14-18-49-51(45)57-52(46-33-41(53(2,3)4)23-26-50(46)59)58(49)43-24-25-44(37-15-12-11-13-16-37)47(34-43)55(8,9)10;/h11-28,30-34,59H,1-10H3;/q-1;/i1D3,19D,20D,21D,22D;. The Kier molecular flexibility index (Phi) is 9.19. The first-order chi connectivity index (χ1) is 30.8. The summed E-state index contributed by atoms with van der Waals surface area (Å²) in [5.41, 5.74) is 10.1. The van der Waals surface area contributed by atoms with Crippen LogP contribution in [0, 0.1) is 12.9 Å². The fourth-order valence-electron chi connectivity index (χ4n) is 7.58. The number of benzene rings is 6. The van der Waals surface area contributed by atoms with E-state index < -0.39 is 36.6 Å². The number of aromatic nitrogens is 3. The summed E-state index contributed by atoms with van der Waals surface area (Å²) in [6.45, 7) is 16.7. The van der Waals surface area contributed by atoms with Crippen LogP contribution in [-0.4, -0.2) is 19.6 Å². The van der Waals surface area contributed by atoms with E-state index in [9.17, 15) is 5.11 Å². The van der Waals surface area contributed by atoms with Crippen LogP contribution in [0.1, 0.15) is 94.2 Å². The Morgan fingerprint density at radius 2 is 1.33 bits per heavy atom. The molecule has 0 amide bonds. The van der Waals surface area contributed by atoms with Gasteiger partial charge in [0, 0.05) is 42.8 Å². The minimum absolute atomic E-state index is 0. The second kappa shape index (κ2) is 16.1. The summed E-state index contributed by atoms with van der Waals surface area (Å²) >= 11 is 0. The van der Waals surface area contributed by atoms with Crippen LogP contribution in [0.4, 0.5) is 0 Å². The zero-order valence-electron chi connectivity index (χ0n) is 42.6. The van der Waals surface area contributed by atoms with Gasteiger partial charge < -0.3 is 5.11 Å². The molecule has 0 unspecified atom stereocenters. The largest absolute Gasteiger partial charge is 0.507 e. The van der Waals surface area contributed by atoms with Crippen molar-refractivity contribution < 1.29 is 35.8 Å². The maximum Gasteiger partial charge on any atom is 0.148 e. The first-order valence-electron chi connectivity index (χ1n) is 23.6. The Morgan fingerprint density at radius 3 is 2.02 bits per heavy atom. The van der Waals surface area contributed by atoms with E-state index >= 15 is 0 Å². The zero-order valence-corrected chi connectivity index (χ0v) is 37.8. The molecule has 8 aromatic rings. The van der Waals surface area contributed by atoms with E-state index in [2.05, 4.69) is 128 Å². The molecule has 0 saturated heterocycles. The Morgan fingerprint density at radius 1 is 0.617 bits per heavy atom. The van der Waals surface area contributed by atoms with Crippen LogP contribution in [0.2, 0.25) is 0 Å².